The molecule has 76 valence electrons. The van der Waals surface area contributed by atoms with Crippen LogP contribution in [0.4, 0.5) is 0 Å². The molecule has 0 aromatic rings. The molecule has 1 aliphatic rings. The largest absolute Gasteiger partial charge is 0.357 e. The third kappa shape index (κ3) is 3.66. The van der Waals surface area contributed by atoms with E-state index in [9.17, 15) is 0 Å². The second kappa shape index (κ2) is 5.84. The van der Waals surface area contributed by atoms with E-state index in [1.807, 2.05) is 0 Å². The zero-order valence-corrected chi connectivity index (χ0v) is 8.77. The predicted octanol–water partition coefficient (Wildman–Crippen LogP) is 1.50. The van der Waals surface area contributed by atoms with Crippen molar-refractivity contribution in [3.8, 4) is 0 Å². The van der Waals surface area contributed by atoms with Crippen molar-refractivity contribution in [3.63, 3.8) is 0 Å². The molecule has 0 heterocycles. The lowest BCUT2D eigenvalue weighted by Gasteiger charge is -2.16. The fourth-order valence-electron chi connectivity index (χ4n) is 1.74. The van der Waals surface area contributed by atoms with Gasteiger partial charge in [-0.1, -0.05) is 12.8 Å². The van der Waals surface area contributed by atoms with Crippen LogP contribution < -0.4 is 10.6 Å². The lowest BCUT2D eigenvalue weighted by Crippen LogP contribution is -2.42. The smallest absolute Gasteiger partial charge is 0.191 e. The van der Waals surface area contributed by atoms with Crippen molar-refractivity contribution in [1.29, 1.82) is 0 Å². The van der Waals surface area contributed by atoms with E-state index in [2.05, 4.69) is 29.5 Å². The molecule has 1 rings (SSSR count). The first-order valence-electron chi connectivity index (χ1n) is 5.41. The first-order chi connectivity index (χ1) is 6.36. The van der Waals surface area contributed by atoms with Gasteiger partial charge in [-0.3, -0.25) is 4.99 Å². The number of hydrogen-bond acceptors (Lipinski definition) is 1. The molecule has 0 atom stereocenters. The second-order valence-corrected chi connectivity index (χ2v) is 3.48. The summed E-state index contributed by atoms with van der Waals surface area (Å²) < 4.78 is 0. The highest BCUT2D eigenvalue weighted by atomic mass is 15.2. The Morgan fingerprint density at radius 2 is 2.00 bits per heavy atom. The maximum absolute atomic E-state index is 4.37. The molecule has 1 fully saturated rings. The van der Waals surface area contributed by atoms with Crippen LogP contribution in [0.5, 0.6) is 0 Å². The highest BCUT2D eigenvalue weighted by molar-refractivity contribution is 5.80. The molecule has 0 unspecified atom stereocenters. The highest BCUT2D eigenvalue weighted by Gasteiger charge is 2.15. The molecule has 0 aliphatic heterocycles. The molecule has 0 saturated heterocycles. The van der Waals surface area contributed by atoms with Crippen molar-refractivity contribution in [2.45, 2.75) is 45.6 Å². The Hall–Kier alpha value is -0.730. The van der Waals surface area contributed by atoms with E-state index < -0.39 is 0 Å². The molecular weight excluding hydrogens is 162 g/mol. The quantitative estimate of drug-likeness (QED) is 0.514. The third-order valence-electron chi connectivity index (χ3n) is 2.36. The van der Waals surface area contributed by atoms with E-state index in [1.54, 1.807) is 0 Å². The topological polar surface area (TPSA) is 36.4 Å². The van der Waals surface area contributed by atoms with Gasteiger partial charge in [0, 0.05) is 19.1 Å². The van der Waals surface area contributed by atoms with Gasteiger partial charge in [0.2, 0.25) is 0 Å². The van der Waals surface area contributed by atoms with Crippen LogP contribution in [-0.4, -0.2) is 25.1 Å². The maximum atomic E-state index is 4.37. The number of rotatable bonds is 3. The highest BCUT2D eigenvalue weighted by Crippen LogP contribution is 2.17. The molecule has 1 aliphatic carbocycles. The number of nitrogens with one attached hydrogen (secondary N) is 2. The lowest BCUT2D eigenvalue weighted by atomic mass is 10.2. The van der Waals surface area contributed by atoms with Crippen LogP contribution in [0.1, 0.15) is 39.5 Å². The standard InChI is InChI=1S/C10H21N3/c1-3-11-10(12-4-2)13-9-7-5-6-8-9/h9H,3-8H2,1-2H3,(H2,11,12,13). The molecule has 2 N–H and O–H groups in total. The van der Waals surface area contributed by atoms with Crippen LogP contribution in [0.15, 0.2) is 4.99 Å². The first kappa shape index (κ1) is 10.4. The summed E-state index contributed by atoms with van der Waals surface area (Å²) in [6, 6.07) is 0.657. The van der Waals surface area contributed by atoms with E-state index in [4.69, 9.17) is 0 Å². The van der Waals surface area contributed by atoms with Gasteiger partial charge >= 0.3 is 0 Å². The van der Waals surface area contributed by atoms with Crippen LogP contribution in [0, 0.1) is 0 Å². The van der Waals surface area contributed by atoms with Crippen molar-refractivity contribution < 1.29 is 0 Å². The molecule has 0 radical (unpaired) electrons. The van der Waals surface area contributed by atoms with Crippen molar-refractivity contribution >= 4 is 5.96 Å². The molecule has 1 saturated carbocycles. The summed E-state index contributed by atoms with van der Waals surface area (Å²) in [5, 5.41) is 6.71. The minimum atomic E-state index is 0.657. The Labute approximate surface area is 81.0 Å². The molecule has 3 nitrogen and oxygen atoms in total. The average molecular weight is 183 g/mol. The molecule has 3 heteroatoms. The van der Waals surface area contributed by atoms with Crippen LogP contribution in [0.3, 0.4) is 0 Å². The second-order valence-electron chi connectivity index (χ2n) is 3.48. The van der Waals surface area contributed by atoms with Crippen LogP contribution in [0.25, 0.3) is 0 Å². The predicted molar refractivity (Wildman–Crippen MR) is 57.0 cm³/mol. The van der Waals surface area contributed by atoms with Crippen molar-refractivity contribution in [1.82, 2.24) is 10.6 Å². The Kier molecular flexibility index (Phi) is 4.65. The van der Waals surface area contributed by atoms with E-state index >= 15 is 0 Å². The Bertz CT molecular complexity index is 160. The third-order valence-corrected chi connectivity index (χ3v) is 2.36. The van der Waals surface area contributed by atoms with Gasteiger partial charge in [-0.15, -0.1) is 0 Å². The minimum absolute atomic E-state index is 0.657. The van der Waals surface area contributed by atoms with Gasteiger partial charge in [0.05, 0.1) is 0 Å². The molecule has 13 heavy (non-hydrogen) atoms. The zero-order chi connectivity index (χ0) is 9.52. The molecule has 0 aromatic carbocycles. The van der Waals surface area contributed by atoms with E-state index in [0.29, 0.717) is 6.04 Å². The summed E-state index contributed by atoms with van der Waals surface area (Å²) in [4.78, 5) is 4.37. The molecule has 0 bridgehead atoms. The van der Waals surface area contributed by atoms with Gasteiger partial charge in [-0.2, -0.15) is 0 Å². The van der Waals surface area contributed by atoms with E-state index in [1.165, 1.54) is 25.7 Å². The summed E-state index contributed by atoms with van der Waals surface area (Å²) in [5.41, 5.74) is 0. The molecule has 0 aromatic heterocycles. The van der Waals surface area contributed by atoms with Crippen LogP contribution in [0.2, 0.25) is 0 Å². The first-order valence-corrected chi connectivity index (χ1v) is 5.41. The minimum Gasteiger partial charge on any atom is -0.357 e. The summed E-state index contributed by atoms with van der Waals surface area (Å²) in [5.74, 6) is 0.983. The van der Waals surface area contributed by atoms with Crippen molar-refractivity contribution in [3.05, 3.63) is 0 Å². The normalized spacial score (nSPS) is 19.1. The van der Waals surface area contributed by atoms with Gasteiger partial charge in [-0.25, -0.2) is 0 Å². The zero-order valence-electron chi connectivity index (χ0n) is 8.77. The Balaban J connectivity index is 2.32. The summed E-state index contributed by atoms with van der Waals surface area (Å²) in [7, 11) is 0. The fourth-order valence-corrected chi connectivity index (χ4v) is 1.74. The number of aliphatic imine (C=N–C) groups is 1. The summed E-state index contributed by atoms with van der Waals surface area (Å²) in [6.07, 6.45) is 5.33. The van der Waals surface area contributed by atoms with Crippen LogP contribution in [-0.2, 0) is 0 Å². The van der Waals surface area contributed by atoms with Gasteiger partial charge in [0.15, 0.2) is 5.96 Å². The van der Waals surface area contributed by atoms with Gasteiger partial charge in [0.1, 0.15) is 0 Å². The SMILES string of the molecule is CCN=C(NCC)NC1CCCC1. The van der Waals surface area contributed by atoms with E-state index in [0.717, 1.165) is 19.0 Å². The van der Waals surface area contributed by atoms with Gasteiger partial charge < -0.3 is 10.6 Å². The molecular formula is C10H21N3. The van der Waals surface area contributed by atoms with Crippen LogP contribution >= 0.6 is 0 Å². The number of guanidine groups is 1. The lowest BCUT2D eigenvalue weighted by molar-refractivity contribution is 0.614. The van der Waals surface area contributed by atoms with E-state index in [-0.39, 0.29) is 0 Å². The monoisotopic (exact) mass is 183 g/mol. The number of hydrogen-bond donors (Lipinski definition) is 2. The molecule has 0 amide bonds. The maximum Gasteiger partial charge on any atom is 0.191 e. The summed E-state index contributed by atoms with van der Waals surface area (Å²) >= 11 is 0. The van der Waals surface area contributed by atoms with Crippen molar-refractivity contribution in [2.24, 2.45) is 4.99 Å². The Morgan fingerprint density at radius 1 is 1.31 bits per heavy atom. The molecule has 0 spiro atoms. The Morgan fingerprint density at radius 3 is 2.54 bits per heavy atom. The van der Waals surface area contributed by atoms with Gasteiger partial charge in [-0.05, 0) is 26.7 Å². The van der Waals surface area contributed by atoms with Gasteiger partial charge in [0.25, 0.3) is 0 Å². The van der Waals surface area contributed by atoms with Crippen molar-refractivity contribution in [2.75, 3.05) is 13.1 Å². The number of nitrogens with zero attached hydrogens (tertiary/aromatic N) is 1. The fraction of sp³-hybridized carbons (Fsp3) is 0.900. The summed E-state index contributed by atoms with van der Waals surface area (Å²) in [6.45, 7) is 5.95. The average Bonchev–Trinajstić information content (AvgIpc) is 2.58.